The Balaban J connectivity index is 2.20. The standard InChI is InChI=1S/C17H22N2/c1-11-6-8-16(10-12(11)2)14(4)19-17-9-7-13(3)18-15(17)5/h6-10,14,19H,1-5H3. The summed E-state index contributed by atoms with van der Waals surface area (Å²) in [5.41, 5.74) is 7.20. The van der Waals surface area contributed by atoms with Crippen LogP contribution in [-0.4, -0.2) is 4.98 Å². The molecule has 0 amide bonds. The summed E-state index contributed by atoms with van der Waals surface area (Å²) in [6.45, 7) is 10.5. The normalized spacial score (nSPS) is 12.3. The van der Waals surface area contributed by atoms with E-state index in [9.17, 15) is 0 Å². The molecule has 0 saturated carbocycles. The van der Waals surface area contributed by atoms with E-state index in [0.717, 1.165) is 17.1 Å². The van der Waals surface area contributed by atoms with Gasteiger partial charge in [0, 0.05) is 11.7 Å². The summed E-state index contributed by atoms with van der Waals surface area (Å²) >= 11 is 0. The van der Waals surface area contributed by atoms with Crippen LogP contribution in [0.3, 0.4) is 0 Å². The molecule has 2 rings (SSSR count). The molecule has 0 spiro atoms. The lowest BCUT2D eigenvalue weighted by Crippen LogP contribution is -2.09. The van der Waals surface area contributed by atoms with Gasteiger partial charge in [0.1, 0.15) is 0 Å². The van der Waals surface area contributed by atoms with Crippen molar-refractivity contribution in [2.75, 3.05) is 5.32 Å². The smallest absolute Gasteiger partial charge is 0.0607 e. The van der Waals surface area contributed by atoms with Crippen molar-refractivity contribution in [3.63, 3.8) is 0 Å². The van der Waals surface area contributed by atoms with Gasteiger partial charge >= 0.3 is 0 Å². The fourth-order valence-electron chi connectivity index (χ4n) is 2.19. The molecule has 2 heteroatoms. The average Bonchev–Trinajstić information content (AvgIpc) is 2.36. The predicted octanol–water partition coefficient (Wildman–Crippen LogP) is 4.49. The molecule has 1 aromatic carbocycles. The van der Waals surface area contributed by atoms with Crippen LogP contribution in [0.1, 0.15) is 41.0 Å². The van der Waals surface area contributed by atoms with Crippen molar-refractivity contribution < 1.29 is 0 Å². The maximum absolute atomic E-state index is 4.49. The van der Waals surface area contributed by atoms with E-state index in [1.54, 1.807) is 0 Å². The number of nitrogens with zero attached hydrogens (tertiary/aromatic N) is 1. The molecule has 2 aromatic rings. The summed E-state index contributed by atoms with van der Waals surface area (Å²) in [6, 6.07) is 11.1. The first-order chi connectivity index (χ1) is 8.97. The Morgan fingerprint density at radius 1 is 0.947 bits per heavy atom. The Morgan fingerprint density at radius 3 is 2.32 bits per heavy atom. The topological polar surface area (TPSA) is 24.9 Å². The maximum atomic E-state index is 4.49. The molecule has 1 atom stereocenters. The van der Waals surface area contributed by atoms with E-state index in [1.807, 2.05) is 19.9 Å². The van der Waals surface area contributed by atoms with E-state index in [1.165, 1.54) is 16.7 Å². The minimum Gasteiger partial charge on any atom is -0.377 e. The van der Waals surface area contributed by atoms with Gasteiger partial charge in [-0.1, -0.05) is 18.2 Å². The van der Waals surface area contributed by atoms with Crippen LogP contribution in [0.5, 0.6) is 0 Å². The highest BCUT2D eigenvalue weighted by molar-refractivity contribution is 5.49. The maximum Gasteiger partial charge on any atom is 0.0607 e. The van der Waals surface area contributed by atoms with Gasteiger partial charge < -0.3 is 5.32 Å². The Bertz CT molecular complexity index is 588. The van der Waals surface area contributed by atoms with Crippen molar-refractivity contribution >= 4 is 5.69 Å². The summed E-state index contributed by atoms with van der Waals surface area (Å²) in [5.74, 6) is 0. The number of hydrogen-bond acceptors (Lipinski definition) is 2. The van der Waals surface area contributed by atoms with Crippen LogP contribution in [0, 0.1) is 27.7 Å². The molecule has 0 radical (unpaired) electrons. The van der Waals surface area contributed by atoms with Crippen LogP contribution in [0.15, 0.2) is 30.3 Å². The van der Waals surface area contributed by atoms with Crippen LogP contribution in [0.2, 0.25) is 0 Å². The molecule has 1 heterocycles. The molecular weight excluding hydrogens is 232 g/mol. The summed E-state index contributed by atoms with van der Waals surface area (Å²) < 4.78 is 0. The van der Waals surface area contributed by atoms with Crippen LogP contribution in [-0.2, 0) is 0 Å². The molecule has 19 heavy (non-hydrogen) atoms. The molecule has 0 aliphatic heterocycles. The SMILES string of the molecule is Cc1ccc(NC(C)c2ccc(C)c(C)c2)c(C)n1. The van der Waals surface area contributed by atoms with E-state index in [4.69, 9.17) is 0 Å². The van der Waals surface area contributed by atoms with Gasteiger partial charge in [0.2, 0.25) is 0 Å². The van der Waals surface area contributed by atoms with E-state index in [0.29, 0.717) is 0 Å². The van der Waals surface area contributed by atoms with E-state index in [-0.39, 0.29) is 6.04 Å². The third-order valence-corrected chi connectivity index (χ3v) is 3.63. The Hall–Kier alpha value is -1.83. The Morgan fingerprint density at radius 2 is 1.68 bits per heavy atom. The molecule has 2 nitrogen and oxygen atoms in total. The lowest BCUT2D eigenvalue weighted by Gasteiger charge is -2.18. The molecule has 100 valence electrons. The second-order valence-electron chi connectivity index (χ2n) is 5.30. The van der Waals surface area contributed by atoms with E-state index in [2.05, 4.69) is 55.3 Å². The predicted molar refractivity (Wildman–Crippen MR) is 81.7 cm³/mol. The highest BCUT2D eigenvalue weighted by Crippen LogP contribution is 2.23. The van der Waals surface area contributed by atoms with Crippen molar-refractivity contribution in [2.24, 2.45) is 0 Å². The molecule has 0 aliphatic rings. The van der Waals surface area contributed by atoms with Gasteiger partial charge in [-0.05, 0) is 63.4 Å². The summed E-state index contributed by atoms with van der Waals surface area (Å²) in [6.07, 6.45) is 0. The number of benzene rings is 1. The highest BCUT2D eigenvalue weighted by atomic mass is 14.9. The summed E-state index contributed by atoms with van der Waals surface area (Å²) in [7, 11) is 0. The molecule has 1 unspecified atom stereocenters. The third-order valence-electron chi connectivity index (χ3n) is 3.63. The van der Waals surface area contributed by atoms with Crippen LogP contribution in [0.4, 0.5) is 5.69 Å². The quantitative estimate of drug-likeness (QED) is 0.873. The lowest BCUT2D eigenvalue weighted by molar-refractivity contribution is 0.875. The number of nitrogens with one attached hydrogen (secondary N) is 1. The molecule has 0 saturated heterocycles. The van der Waals surface area contributed by atoms with Crippen LogP contribution in [0.25, 0.3) is 0 Å². The third kappa shape index (κ3) is 3.14. The minimum absolute atomic E-state index is 0.280. The van der Waals surface area contributed by atoms with Gasteiger partial charge in [-0.25, -0.2) is 0 Å². The van der Waals surface area contributed by atoms with Gasteiger partial charge in [-0.2, -0.15) is 0 Å². The first-order valence-electron chi connectivity index (χ1n) is 6.75. The van der Waals surface area contributed by atoms with Crippen LogP contribution < -0.4 is 5.32 Å². The first-order valence-corrected chi connectivity index (χ1v) is 6.75. The molecule has 1 N–H and O–H groups in total. The number of rotatable bonds is 3. The van der Waals surface area contributed by atoms with Gasteiger partial charge in [-0.3, -0.25) is 4.98 Å². The molecule has 1 aromatic heterocycles. The second kappa shape index (κ2) is 5.43. The number of aromatic nitrogens is 1. The van der Waals surface area contributed by atoms with Gasteiger partial charge in [-0.15, -0.1) is 0 Å². The molecule has 0 bridgehead atoms. The summed E-state index contributed by atoms with van der Waals surface area (Å²) in [5, 5.41) is 3.54. The largest absolute Gasteiger partial charge is 0.377 e. The van der Waals surface area contributed by atoms with Crippen molar-refractivity contribution in [2.45, 2.75) is 40.7 Å². The van der Waals surface area contributed by atoms with Crippen molar-refractivity contribution in [1.82, 2.24) is 4.98 Å². The first kappa shape index (κ1) is 13.6. The molecule has 0 aliphatic carbocycles. The average molecular weight is 254 g/mol. The minimum atomic E-state index is 0.280. The van der Waals surface area contributed by atoms with Crippen LogP contribution >= 0.6 is 0 Å². The van der Waals surface area contributed by atoms with Crippen molar-refractivity contribution in [3.8, 4) is 0 Å². The van der Waals surface area contributed by atoms with Crippen molar-refractivity contribution in [3.05, 3.63) is 58.4 Å². The fraction of sp³-hybridized carbons (Fsp3) is 0.353. The highest BCUT2D eigenvalue weighted by Gasteiger charge is 2.08. The number of hydrogen-bond donors (Lipinski definition) is 1. The van der Waals surface area contributed by atoms with Gasteiger partial charge in [0.05, 0.1) is 11.4 Å². The number of anilines is 1. The number of aryl methyl sites for hydroxylation is 4. The van der Waals surface area contributed by atoms with E-state index < -0.39 is 0 Å². The zero-order valence-corrected chi connectivity index (χ0v) is 12.4. The monoisotopic (exact) mass is 254 g/mol. The zero-order valence-electron chi connectivity index (χ0n) is 12.4. The van der Waals surface area contributed by atoms with Gasteiger partial charge in [0.25, 0.3) is 0 Å². The van der Waals surface area contributed by atoms with Crippen molar-refractivity contribution in [1.29, 1.82) is 0 Å². The lowest BCUT2D eigenvalue weighted by atomic mass is 10.0. The Kier molecular flexibility index (Phi) is 3.89. The summed E-state index contributed by atoms with van der Waals surface area (Å²) in [4.78, 5) is 4.49. The van der Waals surface area contributed by atoms with Gasteiger partial charge in [0.15, 0.2) is 0 Å². The second-order valence-corrected chi connectivity index (χ2v) is 5.30. The molecular formula is C17H22N2. The fourth-order valence-corrected chi connectivity index (χ4v) is 2.19. The Labute approximate surface area is 115 Å². The zero-order chi connectivity index (χ0) is 14.0. The van der Waals surface area contributed by atoms with E-state index >= 15 is 0 Å². The molecule has 0 fully saturated rings. The number of pyridine rings is 1.